The van der Waals surface area contributed by atoms with Crippen LogP contribution in [0.5, 0.6) is 11.5 Å². The standard InChI is InChI=1S/C15H15BrClNO/c1-10-5-6-15(12(16)9-10)19-14-4-2-3-13(17)11(14)7-8-18/h2-6,9H,7-8,18H2,1H3. The maximum absolute atomic E-state index is 6.19. The van der Waals surface area contributed by atoms with Gasteiger partial charge in [0.15, 0.2) is 0 Å². The van der Waals surface area contributed by atoms with E-state index in [1.807, 2.05) is 43.3 Å². The molecule has 100 valence electrons. The van der Waals surface area contributed by atoms with Crippen LogP contribution >= 0.6 is 27.5 Å². The van der Waals surface area contributed by atoms with Crippen molar-refractivity contribution in [3.8, 4) is 11.5 Å². The van der Waals surface area contributed by atoms with Gasteiger partial charge in [0.25, 0.3) is 0 Å². The van der Waals surface area contributed by atoms with Crippen LogP contribution in [0, 0.1) is 6.92 Å². The molecule has 0 bridgehead atoms. The summed E-state index contributed by atoms with van der Waals surface area (Å²) in [5.41, 5.74) is 7.74. The molecule has 0 heterocycles. The quantitative estimate of drug-likeness (QED) is 0.875. The lowest BCUT2D eigenvalue weighted by molar-refractivity contribution is 0.473. The highest BCUT2D eigenvalue weighted by atomic mass is 79.9. The Balaban J connectivity index is 2.35. The van der Waals surface area contributed by atoms with Gasteiger partial charge in [0.05, 0.1) is 4.47 Å². The first-order chi connectivity index (χ1) is 9.11. The molecule has 2 aromatic rings. The molecule has 2 nitrogen and oxygen atoms in total. The first-order valence-electron chi connectivity index (χ1n) is 6.03. The fourth-order valence-electron chi connectivity index (χ4n) is 1.83. The van der Waals surface area contributed by atoms with Crippen LogP contribution in [0.25, 0.3) is 0 Å². The molecule has 0 aliphatic rings. The second-order valence-corrected chi connectivity index (χ2v) is 5.55. The molecule has 19 heavy (non-hydrogen) atoms. The fraction of sp³-hybridized carbons (Fsp3) is 0.200. The van der Waals surface area contributed by atoms with Gasteiger partial charge in [0, 0.05) is 10.6 Å². The number of hydrogen-bond donors (Lipinski definition) is 1. The molecule has 0 aliphatic carbocycles. The van der Waals surface area contributed by atoms with Gasteiger partial charge in [-0.1, -0.05) is 23.7 Å². The van der Waals surface area contributed by atoms with Gasteiger partial charge in [0.2, 0.25) is 0 Å². The molecule has 0 radical (unpaired) electrons. The summed E-state index contributed by atoms with van der Waals surface area (Å²) in [4.78, 5) is 0. The van der Waals surface area contributed by atoms with Crippen molar-refractivity contribution in [1.29, 1.82) is 0 Å². The van der Waals surface area contributed by atoms with Gasteiger partial charge < -0.3 is 10.5 Å². The highest BCUT2D eigenvalue weighted by Crippen LogP contribution is 2.34. The summed E-state index contributed by atoms with van der Waals surface area (Å²) in [6.07, 6.45) is 0.693. The van der Waals surface area contributed by atoms with E-state index in [1.54, 1.807) is 0 Å². The van der Waals surface area contributed by atoms with Crippen LogP contribution in [-0.4, -0.2) is 6.54 Å². The molecule has 0 amide bonds. The van der Waals surface area contributed by atoms with Crippen molar-refractivity contribution in [2.45, 2.75) is 13.3 Å². The molecule has 0 aliphatic heterocycles. The minimum atomic E-state index is 0.537. The van der Waals surface area contributed by atoms with E-state index >= 15 is 0 Å². The van der Waals surface area contributed by atoms with Gasteiger partial charge in [-0.25, -0.2) is 0 Å². The van der Waals surface area contributed by atoms with E-state index in [4.69, 9.17) is 22.1 Å². The zero-order valence-corrected chi connectivity index (χ0v) is 13.0. The van der Waals surface area contributed by atoms with Gasteiger partial charge in [-0.15, -0.1) is 0 Å². The summed E-state index contributed by atoms with van der Waals surface area (Å²) < 4.78 is 6.86. The maximum atomic E-state index is 6.19. The van der Waals surface area contributed by atoms with E-state index in [9.17, 15) is 0 Å². The van der Waals surface area contributed by atoms with Gasteiger partial charge in [0.1, 0.15) is 11.5 Å². The molecule has 0 fully saturated rings. The summed E-state index contributed by atoms with van der Waals surface area (Å²) in [6.45, 7) is 2.57. The van der Waals surface area contributed by atoms with Crippen LogP contribution in [0.2, 0.25) is 5.02 Å². The Morgan fingerprint density at radius 2 is 2.00 bits per heavy atom. The van der Waals surface area contributed by atoms with Crippen LogP contribution in [0.4, 0.5) is 0 Å². The highest BCUT2D eigenvalue weighted by molar-refractivity contribution is 9.10. The second-order valence-electron chi connectivity index (χ2n) is 4.29. The molecule has 2 N–H and O–H groups in total. The van der Waals surface area contributed by atoms with Gasteiger partial charge in [-0.2, -0.15) is 0 Å². The van der Waals surface area contributed by atoms with Crippen molar-refractivity contribution in [3.63, 3.8) is 0 Å². The van der Waals surface area contributed by atoms with Gasteiger partial charge in [-0.05, 0) is 65.6 Å². The number of benzene rings is 2. The Kier molecular flexibility index (Phi) is 4.86. The van der Waals surface area contributed by atoms with E-state index < -0.39 is 0 Å². The minimum Gasteiger partial charge on any atom is -0.456 e. The minimum absolute atomic E-state index is 0.537. The molecule has 0 saturated carbocycles. The normalized spacial score (nSPS) is 10.5. The van der Waals surface area contributed by atoms with E-state index in [0.29, 0.717) is 18.0 Å². The van der Waals surface area contributed by atoms with Crippen LogP contribution in [0.3, 0.4) is 0 Å². The molecule has 0 aromatic heterocycles. The van der Waals surface area contributed by atoms with E-state index in [0.717, 1.165) is 21.5 Å². The van der Waals surface area contributed by atoms with Crippen molar-refractivity contribution >= 4 is 27.5 Å². The lowest BCUT2D eigenvalue weighted by Crippen LogP contribution is -2.04. The Labute approximate surface area is 126 Å². The van der Waals surface area contributed by atoms with E-state index in [1.165, 1.54) is 5.56 Å². The summed E-state index contributed by atoms with van der Waals surface area (Å²) in [5.74, 6) is 1.52. The summed E-state index contributed by atoms with van der Waals surface area (Å²) in [7, 11) is 0. The molecule has 2 aromatic carbocycles. The first kappa shape index (κ1) is 14.4. The van der Waals surface area contributed by atoms with Gasteiger partial charge >= 0.3 is 0 Å². The largest absolute Gasteiger partial charge is 0.456 e. The van der Waals surface area contributed by atoms with Gasteiger partial charge in [-0.3, -0.25) is 0 Å². The van der Waals surface area contributed by atoms with Crippen LogP contribution in [0.15, 0.2) is 40.9 Å². The third kappa shape index (κ3) is 3.50. The average molecular weight is 341 g/mol. The summed E-state index contributed by atoms with van der Waals surface area (Å²) in [6, 6.07) is 11.6. The number of hydrogen-bond acceptors (Lipinski definition) is 2. The number of nitrogens with two attached hydrogens (primary N) is 1. The SMILES string of the molecule is Cc1ccc(Oc2cccc(Cl)c2CCN)c(Br)c1. The van der Waals surface area contributed by atoms with Crippen LogP contribution in [-0.2, 0) is 6.42 Å². The fourth-order valence-corrected chi connectivity index (χ4v) is 2.66. The van der Waals surface area contributed by atoms with Crippen molar-refractivity contribution in [1.82, 2.24) is 0 Å². The zero-order chi connectivity index (χ0) is 13.8. The second kappa shape index (κ2) is 6.42. The molecule has 0 unspecified atom stereocenters. The molecule has 0 saturated heterocycles. The average Bonchev–Trinajstić information content (AvgIpc) is 2.37. The maximum Gasteiger partial charge on any atom is 0.141 e. The van der Waals surface area contributed by atoms with Crippen molar-refractivity contribution < 1.29 is 4.74 Å². The monoisotopic (exact) mass is 339 g/mol. The smallest absolute Gasteiger partial charge is 0.141 e. The molecular weight excluding hydrogens is 326 g/mol. The number of aryl methyl sites for hydroxylation is 1. The van der Waals surface area contributed by atoms with Crippen molar-refractivity contribution in [2.75, 3.05) is 6.54 Å². The Hall–Kier alpha value is -1.03. The van der Waals surface area contributed by atoms with Crippen LogP contribution < -0.4 is 10.5 Å². The highest BCUT2D eigenvalue weighted by Gasteiger charge is 2.10. The lowest BCUT2D eigenvalue weighted by Gasteiger charge is -2.13. The summed E-state index contributed by atoms with van der Waals surface area (Å²) >= 11 is 9.70. The van der Waals surface area contributed by atoms with E-state index in [2.05, 4.69) is 15.9 Å². The zero-order valence-electron chi connectivity index (χ0n) is 10.6. The van der Waals surface area contributed by atoms with Crippen LogP contribution in [0.1, 0.15) is 11.1 Å². The molecular formula is C15H15BrClNO. The Bertz CT molecular complexity index is 586. The number of rotatable bonds is 4. The van der Waals surface area contributed by atoms with Crippen molar-refractivity contribution in [3.05, 3.63) is 57.0 Å². The first-order valence-corrected chi connectivity index (χ1v) is 7.20. The lowest BCUT2D eigenvalue weighted by atomic mass is 10.1. The molecule has 2 rings (SSSR count). The molecule has 4 heteroatoms. The molecule has 0 spiro atoms. The Morgan fingerprint density at radius 3 is 2.68 bits per heavy atom. The predicted molar refractivity (Wildman–Crippen MR) is 83.2 cm³/mol. The third-order valence-corrected chi connectivity index (χ3v) is 3.75. The topological polar surface area (TPSA) is 35.2 Å². The van der Waals surface area contributed by atoms with E-state index in [-0.39, 0.29) is 0 Å². The third-order valence-electron chi connectivity index (χ3n) is 2.78. The number of halogens is 2. The Morgan fingerprint density at radius 1 is 1.21 bits per heavy atom. The number of ether oxygens (including phenoxy) is 1. The summed E-state index contributed by atoms with van der Waals surface area (Å²) in [5, 5.41) is 0.686. The predicted octanol–water partition coefficient (Wildman–Crippen LogP) is 4.70. The van der Waals surface area contributed by atoms with Crippen molar-refractivity contribution in [2.24, 2.45) is 5.73 Å². The molecule has 0 atom stereocenters.